The molecule has 0 fully saturated rings. The topological polar surface area (TPSA) is 96.9 Å². The average molecular weight is 410 g/mol. The van der Waals surface area contributed by atoms with Gasteiger partial charge in [0.2, 0.25) is 0 Å². The average Bonchev–Trinajstić information content (AvgIpc) is 2.61. The normalized spacial score (nSPS) is 10.2. The molecule has 1 heterocycles. The van der Waals surface area contributed by atoms with Gasteiger partial charge in [0.25, 0.3) is 0 Å². The third kappa shape index (κ3) is 3.92. The highest BCUT2D eigenvalue weighted by Crippen LogP contribution is 2.31. The van der Waals surface area contributed by atoms with Crippen LogP contribution in [-0.2, 0) is 0 Å². The zero-order valence-electron chi connectivity index (χ0n) is 14.2. The Morgan fingerprint density at radius 2 is 1.81 bits per heavy atom. The van der Waals surface area contributed by atoms with Gasteiger partial charge in [-0.3, -0.25) is 0 Å². The number of hydrogen-bond donors (Lipinski definition) is 2. The highest BCUT2D eigenvalue weighted by Gasteiger charge is 2.11. The van der Waals surface area contributed by atoms with Crippen molar-refractivity contribution >= 4 is 33.1 Å². The van der Waals surface area contributed by atoms with Crippen molar-refractivity contribution in [1.29, 1.82) is 5.26 Å². The van der Waals surface area contributed by atoms with Crippen molar-refractivity contribution < 1.29 is 4.74 Å². The Labute approximate surface area is 159 Å². The second kappa shape index (κ2) is 7.42. The van der Waals surface area contributed by atoms with Crippen LogP contribution in [-0.4, -0.2) is 9.97 Å². The van der Waals surface area contributed by atoms with E-state index in [9.17, 15) is 0 Å². The number of nitrogens with zero attached hydrogens (tertiary/aromatic N) is 3. The SMILES string of the molecule is Cc1cc(Br)cc(C)c1Oc1ncc(N)c(Nc2ccc(C#N)cc2)n1. The van der Waals surface area contributed by atoms with E-state index in [0.717, 1.165) is 21.3 Å². The van der Waals surface area contributed by atoms with Gasteiger partial charge >= 0.3 is 6.01 Å². The summed E-state index contributed by atoms with van der Waals surface area (Å²) in [5.41, 5.74) is 9.64. The van der Waals surface area contributed by atoms with Gasteiger partial charge < -0.3 is 15.8 Å². The van der Waals surface area contributed by atoms with Crippen molar-refractivity contribution in [2.45, 2.75) is 13.8 Å². The molecule has 0 spiro atoms. The smallest absolute Gasteiger partial charge is 0.324 e. The molecule has 0 aliphatic rings. The monoisotopic (exact) mass is 409 g/mol. The number of anilines is 3. The maximum atomic E-state index is 8.87. The van der Waals surface area contributed by atoms with Crippen molar-refractivity contribution in [3.63, 3.8) is 0 Å². The molecule has 0 aliphatic heterocycles. The lowest BCUT2D eigenvalue weighted by atomic mass is 10.1. The Bertz CT molecular complexity index is 973. The Morgan fingerprint density at radius 3 is 2.42 bits per heavy atom. The quantitative estimate of drug-likeness (QED) is 0.639. The van der Waals surface area contributed by atoms with E-state index >= 15 is 0 Å². The number of hydrogen-bond acceptors (Lipinski definition) is 6. The van der Waals surface area contributed by atoms with E-state index in [-0.39, 0.29) is 6.01 Å². The minimum atomic E-state index is 0.198. The minimum absolute atomic E-state index is 0.198. The standard InChI is InChI=1S/C19H16BrN5O/c1-11-7-14(20)8-12(2)17(11)26-19-23-10-16(22)18(25-19)24-15-5-3-13(9-21)4-6-15/h3-8,10H,22H2,1-2H3,(H,23,24,25). The molecule has 6 nitrogen and oxygen atoms in total. The van der Waals surface area contributed by atoms with Crippen LogP contribution in [0.3, 0.4) is 0 Å². The molecule has 2 aromatic carbocycles. The molecule has 7 heteroatoms. The van der Waals surface area contributed by atoms with Gasteiger partial charge in [0.15, 0.2) is 5.82 Å². The van der Waals surface area contributed by atoms with Crippen molar-refractivity contribution in [2.24, 2.45) is 0 Å². The van der Waals surface area contributed by atoms with Gasteiger partial charge in [0.1, 0.15) is 5.75 Å². The second-order valence-corrected chi connectivity index (χ2v) is 6.66. The van der Waals surface area contributed by atoms with Crippen LogP contribution >= 0.6 is 15.9 Å². The number of nitriles is 1. The van der Waals surface area contributed by atoms with Gasteiger partial charge in [0, 0.05) is 10.2 Å². The van der Waals surface area contributed by atoms with Crippen LogP contribution in [0.25, 0.3) is 0 Å². The summed E-state index contributed by atoms with van der Waals surface area (Å²) in [7, 11) is 0. The number of nitrogen functional groups attached to an aromatic ring is 1. The number of aryl methyl sites for hydroxylation is 2. The Hall–Kier alpha value is -3.11. The number of nitrogens with two attached hydrogens (primary N) is 1. The first kappa shape index (κ1) is 17.7. The summed E-state index contributed by atoms with van der Waals surface area (Å²) in [6.07, 6.45) is 1.50. The molecule has 0 aliphatic carbocycles. The lowest BCUT2D eigenvalue weighted by Gasteiger charge is -2.13. The van der Waals surface area contributed by atoms with Crippen molar-refractivity contribution in [1.82, 2.24) is 9.97 Å². The Balaban J connectivity index is 1.87. The summed E-state index contributed by atoms with van der Waals surface area (Å²) in [6.45, 7) is 3.92. The van der Waals surface area contributed by atoms with E-state index in [1.54, 1.807) is 24.3 Å². The third-order valence-electron chi connectivity index (χ3n) is 3.69. The Kier molecular flexibility index (Phi) is 5.05. The summed E-state index contributed by atoms with van der Waals surface area (Å²) in [5, 5.41) is 12.0. The summed E-state index contributed by atoms with van der Waals surface area (Å²) in [5.74, 6) is 1.15. The molecule has 0 atom stereocenters. The van der Waals surface area contributed by atoms with Crippen LogP contribution in [0, 0.1) is 25.2 Å². The molecule has 26 heavy (non-hydrogen) atoms. The van der Waals surface area contributed by atoms with Crippen molar-refractivity contribution in [2.75, 3.05) is 11.1 Å². The van der Waals surface area contributed by atoms with E-state index in [4.69, 9.17) is 15.7 Å². The zero-order valence-corrected chi connectivity index (χ0v) is 15.8. The van der Waals surface area contributed by atoms with Crippen LogP contribution in [0.15, 0.2) is 47.1 Å². The lowest BCUT2D eigenvalue weighted by molar-refractivity contribution is 0.436. The van der Waals surface area contributed by atoms with Crippen molar-refractivity contribution in [3.05, 3.63) is 63.8 Å². The van der Waals surface area contributed by atoms with Crippen LogP contribution in [0.2, 0.25) is 0 Å². The van der Waals surface area contributed by atoms with Gasteiger partial charge in [-0.1, -0.05) is 15.9 Å². The van der Waals surface area contributed by atoms with E-state index < -0.39 is 0 Å². The van der Waals surface area contributed by atoms with Gasteiger partial charge in [-0.15, -0.1) is 0 Å². The van der Waals surface area contributed by atoms with Crippen LogP contribution in [0.4, 0.5) is 17.2 Å². The van der Waals surface area contributed by atoms with Gasteiger partial charge in [0.05, 0.1) is 23.5 Å². The predicted octanol–water partition coefficient (Wildman–Crippen LogP) is 4.85. The van der Waals surface area contributed by atoms with Crippen LogP contribution in [0.5, 0.6) is 11.8 Å². The van der Waals surface area contributed by atoms with Gasteiger partial charge in [-0.05, 0) is 61.4 Å². The first-order valence-electron chi connectivity index (χ1n) is 7.80. The number of rotatable bonds is 4. The fraction of sp³-hybridized carbons (Fsp3) is 0.105. The number of ether oxygens (including phenoxy) is 1. The fourth-order valence-corrected chi connectivity index (χ4v) is 3.13. The van der Waals surface area contributed by atoms with Crippen LogP contribution < -0.4 is 15.8 Å². The molecule has 130 valence electrons. The molecule has 0 unspecified atom stereocenters. The van der Waals surface area contributed by atoms with E-state index in [0.29, 0.717) is 22.8 Å². The van der Waals surface area contributed by atoms with E-state index in [2.05, 4.69) is 37.3 Å². The molecular formula is C19H16BrN5O. The van der Waals surface area contributed by atoms with E-state index in [1.807, 2.05) is 26.0 Å². The summed E-state index contributed by atoms with van der Waals surface area (Å²) < 4.78 is 6.87. The molecular weight excluding hydrogens is 394 g/mol. The van der Waals surface area contributed by atoms with Gasteiger partial charge in [-0.2, -0.15) is 10.2 Å². The number of halogens is 1. The predicted molar refractivity (Wildman–Crippen MR) is 105 cm³/mol. The third-order valence-corrected chi connectivity index (χ3v) is 4.15. The molecule has 0 radical (unpaired) electrons. The summed E-state index contributed by atoms with van der Waals surface area (Å²) in [6, 6.07) is 13.2. The fourth-order valence-electron chi connectivity index (χ4n) is 2.44. The number of benzene rings is 2. The van der Waals surface area contributed by atoms with Crippen molar-refractivity contribution in [3.8, 4) is 17.8 Å². The highest BCUT2D eigenvalue weighted by atomic mass is 79.9. The maximum absolute atomic E-state index is 8.87. The second-order valence-electron chi connectivity index (χ2n) is 5.74. The molecule has 3 aromatic rings. The summed E-state index contributed by atoms with van der Waals surface area (Å²) >= 11 is 3.47. The molecule has 0 saturated heterocycles. The molecule has 0 amide bonds. The first-order valence-corrected chi connectivity index (χ1v) is 8.60. The molecule has 0 bridgehead atoms. The lowest BCUT2D eigenvalue weighted by Crippen LogP contribution is -2.03. The number of nitrogens with one attached hydrogen (secondary N) is 1. The number of aromatic nitrogens is 2. The largest absolute Gasteiger partial charge is 0.424 e. The molecule has 3 rings (SSSR count). The van der Waals surface area contributed by atoms with Gasteiger partial charge in [-0.25, -0.2) is 4.98 Å². The molecule has 0 saturated carbocycles. The maximum Gasteiger partial charge on any atom is 0.324 e. The zero-order chi connectivity index (χ0) is 18.7. The Morgan fingerprint density at radius 1 is 1.15 bits per heavy atom. The molecule has 1 aromatic heterocycles. The summed E-state index contributed by atoms with van der Waals surface area (Å²) in [4.78, 5) is 8.52. The highest BCUT2D eigenvalue weighted by molar-refractivity contribution is 9.10. The van der Waals surface area contributed by atoms with Crippen LogP contribution in [0.1, 0.15) is 16.7 Å². The molecule has 3 N–H and O–H groups in total. The first-order chi connectivity index (χ1) is 12.5. The minimum Gasteiger partial charge on any atom is -0.424 e. The van der Waals surface area contributed by atoms with E-state index in [1.165, 1.54) is 6.20 Å².